The van der Waals surface area contributed by atoms with Crippen LogP contribution in [0.15, 0.2) is 0 Å². The van der Waals surface area contributed by atoms with Gasteiger partial charge in [-0.3, -0.25) is 4.90 Å². The Hall–Kier alpha value is -0.160. The highest BCUT2D eigenvalue weighted by Crippen LogP contribution is 2.28. The molecule has 0 bridgehead atoms. The lowest BCUT2D eigenvalue weighted by Gasteiger charge is -2.47. The Bertz CT molecular complexity index is 251. The van der Waals surface area contributed by atoms with Gasteiger partial charge in [0.2, 0.25) is 0 Å². The van der Waals surface area contributed by atoms with Crippen LogP contribution in [-0.4, -0.2) is 60.0 Å². The van der Waals surface area contributed by atoms with Gasteiger partial charge in [0.05, 0.1) is 17.8 Å². The van der Waals surface area contributed by atoms with Crippen LogP contribution in [0.25, 0.3) is 0 Å². The van der Waals surface area contributed by atoms with Gasteiger partial charge in [0.25, 0.3) is 0 Å². The maximum absolute atomic E-state index is 9.38. The fraction of sp³-hybridized carbons (Fsp3) is 1.00. The van der Waals surface area contributed by atoms with Crippen molar-refractivity contribution in [3.63, 3.8) is 0 Å². The molecule has 0 saturated carbocycles. The minimum Gasteiger partial charge on any atom is -0.395 e. The average Bonchev–Trinajstić information content (AvgIpc) is 2.25. The van der Waals surface area contributed by atoms with Gasteiger partial charge in [0, 0.05) is 19.1 Å². The number of hydrogen-bond donors (Lipinski definition) is 2. The van der Waals surface area contributed by atoms with E-state index in [2.05, 4.69) is 44.8 Å². The first-order valence-corrected chi connectivity index (χ1v) is 7.55. The van der Waals surface area contributed by atoms with Gasteiger partial charge in [-0.2, -0.15) is 0 Å². The molecule has 1 aliphatic rings. The van der Waals surface area contributed by atoms with Gasteiger partial charge in [-0.1, -0.05) is 6.92 Å². The molecule has 1 saturated heterocycles. The molecule has 1 heterocycles. The van der Waals surface area contributed by atoms with E-state index in [1.54, 1.807) is 0 Å². The first kappa shape index (κ1) is 16.9. The summed E-state index contributed by atoms with van der Waals surface area (Å²) in [7, 11) is 0. The molecule has 0 aromatic carbocycles. The van der Waals surface area contributed by atoms with Crippen molar-refractivity contribution in [3.05, 3.63) is 0 Å². The lowest BCUT2D eigenvalue weighted by molar-refractivity contribution is -0.180. The van der Waals surface area contributed by atoms with Gasteiger partial charge < -0.3 is 15.2 Å². The molecule has 4 nitrogen and oxygen atoms in total. The van der Waals surface area contributed by atoms with Crippen LogP contribution in [-0.2, 0) is 4.74 Å². The normalized spacial score (nSPS) is 24.3. The van der Waals surface area contributed by atoms with Gasteiger partial charge in [0.1, 0.15) is 0 Å². The summed E-state index contributed by atoms with van der Waals surface area (Å²) in [5.41, 5.74) is -0.180. The number of morpholine rings is 1. The number of aliphatic hydroxyl groups excluding tert-OH is 1. The zero-order chi connectivity index (χ0) is 14.5. The summed E-state index contributed by atoms with van der Waals surface area (Å²) in [5, 5.41) is 12.8. The lowest BCUT2D eigenvalue weighted by atomic mass is 9.98. The van der Waals surface area contributed by atoms with Crippen molar-refractivity contribution < 1.29 is 9.84 Å². The molecule has 1 aliphatic heterocycles. The third-order valence-electron chi connectivity index (χ3n) is 3.46. The van der Waals surface area contributed by atoms with Crippen molar-refractivity contribution >= 4 is 0 Å². The van der Waals surface area contributed by atoms with Crippen molar-refractivity contribution in [1.82, 2.24) is 10.2 Å². The molecule has 0 spiro atoms. The van der Waals surface area contributed by atoms with E-state index in [-0.39, 0.29) is 23.9 Å². The van der Waals surface area contributed by atoms with E-state index in [0.717, 1.165) is 39.0 Å². The maximum Gasteiger partial charge on any atom is 0.0760 e. The van der Waals surface area contributed by atoms with Crippen LogP contribution in [0.5, 0.6) is 0 Å². The molecule has 114 valence electrons. The zero-order valence-corrected chi connectivity index (χ0v) is 13.3. The zero-order valence-electron chi connectivity index (χ0n) is 13.3. The topological polar surface area (TPSA) is 44.7 Å². The molecule has 19 heavy (non-hydrogen) atoms. The van der Waals surface area contributed by atoms with E-state index >= 15 is 0 Å². The predicted octanol–water partition coefficient (Wildman–Crippen LogP) is 1.63. The summed E-state index contributed by atoms with van der Waals surface area (Å²) in [5.74, 6) is 0. The van der Waals surface area contributed by atoms with Crippen molar-refractivity contribution in [2.24, 2.45) is 0 Å². The molecule has 1 rings (SSSR count). The summed E-state index contributed by atoms with van der Waals surface area (Å²) in [6, 6.07) is 0.217. The van der Waals surface area contributed by atoms with Gasteiger partial charge in [-0.25, -0.2) is 0 Å². The summed E-state index contributed by atoms with van der Waals surface area (Å²) < 4.78 is 6.08. The standard InChI is InChI=1S/C15H32N2O2/c1-6-8-16-13(10-18)7-9-17-11-14(2,3)19-15(4,5)12-17/h13,16,18H,6-12H2,1-5H3. The minimum absolute atomic E-state index is 0.0900. The number of aliphatic hydroxyl groups is 1. The molecule has 1 fully saturated rings. The number of hydrogen-bond acceptors (Lipinski definition) is 4. The van der Waals surface area contributed by atoms with Crippen molar-refractivity contribution in [1.29, 1.82) is 0 Å². The van der Waals surface area contributed by atoms with E-state index in [9.17, 15) is 5.11 Å². The van der Waals surface area contributed by atoms with Crippen molar-refractivity contribution in [2.45, 2.75) is 64.7 Å². The molecular weight excluding hydrogens is 240 g/mol. The highest BCUT2D eigenvalue weighted by molar-refractivity contribution is 4.89. The first-order chi connectivity index (χ1) is 8.78. The molecular formula is C15H32N2O2. The fourth-order valence-electron chi connectivity index (χ4n) is 3.05. The van der Waals surface area contributed by atoms with Gasteiger partial charge in [-0.15, -0.1) is 0 Å². The summed E-state index contributed by atoms with van der Waals surface area (Å²) >= 11 is 0. The molecule has 1 unspecified atom stereocenters. The monoisotopic (exact) mass is 272 g/mol. The third-order valence-corrected chi connectivity index (χ3v) is 3.46. The van der Waals surface area contributed by atoms with E-state index in [4.69, 9.17) is 4.74 Å². The van der Waals surface area contributed by atoms with Crippen LogP contribution < -0.4 is 5.32 Å². The first-order valence-electron chi connectivity index (χ1n) is 7.55. The van der Waals surface area contributed by atoms with Gasteiger partial charge >= 0.3 is 0 Å². The van der Waals surface area contributed by atoms with Gasteiger partial charge in [0.15, 0.2) is 0 Å². The summed E-state index contributed by atoms with van der Waals surface area (Å²) in [6.45, 7) is 14.9. The molecule has 4 heteroatoms. The second-order valence-corrected chi connectivity index (χ2v) is 6.95. The highest BCUT2D eigenvalue weighted by atomic mass is 16.5. The van der Waals surface area contributed by atoms with Crippen LogP contribution in [0.2, 0.25) is 0 Å². The van der Waals surface area contributed by atoms with E-state index in [1.165, 1.54) is 0 Å². The van der Waals surface area contributed by atoms with Crippen molar-refractivity contribution in [3.8, 4) is 0 Å². The molecule has 0 aromatic heterocycles. The van der Waals surface area contributed by atoms with Crippen LogP contribution in [0.1, 0.15) is 47.5 Å². The quantitative estimate of drug-likeness (QED) is 0.739. The van der Waals surface area contributed by atoms with E-state index in [0.29, 0.717) is 0 Å². The smallest absolute Gasteiger partial charge is 0.0760 e. The fourth-order valence-corrected chi connectivity index (χ4v) is 3.05. The van der Waals surface area contributed by atoms with Gasteiger partial charge in [-0.05, 0) is 53.6 Å². The van der Waals surface area contributed by atoms with Crippen LogP contribution in [0.3, 0.4) is 0 Å². The van der Waals surface area contributed by atoms with E-state index < -0.39 is 0 Å². The molecule has 2 N–H and O–H groups in total. The Kier molecular flexibility index (Phi) is 6.24. The lowest BCUT2D eigenvalue weighted by Crippen LogP contribution is -2.57. The Morgan fingerprint density at radius 1 is 1.21 bits per heavy atom. The molecule has 0 radical (unpaired) electrons. The van der Waals surface area contributed by atoms with Crippen LogP contribution >= 0.6 is 0 Å². The molecule has 0 aliphatic carbocycles. The number of nitrogens with zero attached hydrogens (tertiary/aromatic N) is 1. The summed E-state index contributed by atoms with van der Waals surface area (Å²) in [6.07, 6.45) is 2.09. The Balaban J connectivity index is 2.43. The number of nitrogens with one attached hydrogen (secondary N) is 1. The average molecular weight is 272 g/mol. The largest absolute Gasteiger partial charge is 0.395 e. The molecule has 1 atom stereocenters. The highest BCUT2D eigenvalue weighted by Gasteiger charge is 2.37. The van der Waals surface area contributed by atoms with E-state index in [1.807, 2.05) is 0 Å². The number of rotatable bonds is 7. The van der Waals surface area contributed by atoms with Crippen LogP contribution in [0, 0.1) is 0 Å². The predicted molar refractivity (Wildman–Crippen MR) is 79.5 cm³/mol. The Morgan fingerprint density at radius 3 is 2.26 bits per heavy atom. The third kappa shape index (κ3) is 6.21. The maximum atomic E-state index is 9.38. The summed E-state index contributed by atoms with van der Waals surface area (Å²) in [4.78, 5) is 2.46. The molecule has 0 aromatic rings. The second-order valence-electron chi connectivity index (χ2n) is 6.95. The molecule has 0 amide bonds. The second kappa shape index (κ2) is 7.02. The minimum atomic E-state index is -0.0900. The van der Waals surface area contributed by atoms with Crippen LogP contribution in [0.4, 0.5) is 0 Å². The van der Waals surface area contributed by atoms with Crippen molar-refractivity contribution in [2.75, 3.05) is 32.8 Å². The Morgan fingerprint density at radius 2 is 1.79 bits per heavy atom. The number of ether oxygens (including phenoxy) is 1. The Labute approximate surface area is 118 Å². The SMILES string of the molecule is CCCNC(CO)CCN1CC(C)(C)OC(C)(C)C1.